The Kier molecular flexibility index (Phi) is 6.72. The number of aromatic carboxylic acids is 1. The molecule has 0 bridgehead atoms. The van der Waals surface area contributed by atoms with E-state index in [0.29, 0.717) is 56.6 Å². The molecule has 6 rings (SSSR count). The van der Waals surface area contributed by atoms with Crippen LogP contribution in [0, 0.1) is 0 Å². The van der Waals surface area contributed by atoms with Gasteiger partial charge in [-0.3, -0.25) is 0 Å². The zero-order chi connectivity index (χ0) is 26.4. The molecule has 1 aromatic heterocycles. The molecule has 4 aromatic rings. The summed E-state index contributed by atoms with van der Waals surface area (Å²) < 4.78 is 18.0. The Morgan fingerprint density at radius 1 is 1.00 bits per heavy atom. The summed E-state index contributed by atoms with van der Waals surface area (Å²) in [5.74, 6) is 1.44. The molecule has 2 heterocycles. The molecule has 1 saturated carbocycles. The molecule has 0 spiro atoms. The number of fused-ring (bicyclic) bond motifs is 1. The number of hydrogen-bond acceptors (Lipinski definition) is 5. The molecule has 3 aromatic carbocycles. The van der Waals surface area contributed by atoms with Gasteiger partial charge in [0.2, 0.25) is 0 Å². The number of ether oxygens (including phenoxy) is 2. The van der Waals surface area contributed by atoms with E-state index in [1.165, 1.54) is 0 Å². The Morgan fingerprint density at radius 2 is 1.79 bits per heavy atom. The third-order valence-electron chi connectivity index (χ3n) is 6.92. The number of nitrogens with zero attached hydrogens (tertiary/aromatic N) is 1. The Labute approximate surface area is 234 Å². The Morgan fingerprint density at radius 3 is 2.50 bits per heavy atom. The average Bonchev–Trinajstić information content (AvgIpc) is 3.67. The smallest absolute Gasteiger partial charge is 0.335 e. The molecule has 0 unspecified atom stereocenters. The Hall–Kier alpha value is -3.19. The highest BCUT2D eigenvalue weighted by atomic mass is 35.5. The summed E-state index contributed by atoms with van der Waals surface area (Å²) >= 11 is 19.6. The van der Waals surface area contributed by atoms with Crippen LogP contribution >= 0.6 is 34.8 Å². The highest BCUT2D eigenvalue weighted by Gasteiger charge is 2.34. The van der Waals surface area contributed by atoms with Crippen LogP contribution in [0.3, 0.4) is 0 Å². The predicted molar refractivity (Wildman–Crippen MR) is 145 cm³/mol. The van der Waals surface area contributed by atoms with Crippen LogP contribution in [-0.2, 0) is 13.0 Å². The molecule has 0 radical (unpaired) electrons. The van der Waals surface area contributed by atoms with Gasteiger partial charge in [0, 0.05) is 17.0 Å². The van der Waals surface area contributed by atoms with Crippen molar-refractivity contribution in [1.82, 2.24) is 5.16 Å². The van der Waals surface area contributed by atoms with E-state index in [1.54, 1.807) is 42.5 Å². The summed E-state index contributed by atoms with van der Waals surface area (Å²) in [6.07, 6.45) is 3.22. The maximum Gasteiger partial charge on any atom is 0.335 e. The number of carboxylic acids is 1. The second kappa shape index (κ2) is 10.2. The maximum absolute atomic E-state index is 11.3. The average molecular weight is 571 g/mol. The number of carbonyl (C=O) groups is 1. The van der Waals surface area contributed by atoms with Gasteiger partial charge in [-0.1, -0.05) is 52.1 Å². The molecule has 1 atom stereocenters. The van der Waals surface area contributed by atoms with Gasteiger partial charge in [-0.25, -0.2) is 4.79 Å². The monoisotopic (exact) mass is 569 g/mol. The Balaban J connectivity index is 1.21. The molecule has 9 heteroatoms. The van der Waals surface area contributed by atoms with E-state index in [-0.39, 0.29) is 18.3 Å². The topological polar surface area (TPSA) is 81.8 Å². The fourth-order valence-electron chi connectivity index (χ4n) is 4.80. The van der Waals surface area contributed by atoms with Crippen molar-refractivity contribution < 1.29 is 23.9 Å². The predicted octanol–water partition coefficient (Wildman–Crippen LogP) is 8.52. The molecule has 6 nitrogen and oxygen atoms in total. The van der Waals surface area contributed by atoms with Crippen molar-refractivity contribution in [3.05, 3.63) is 97.7 Å². The van der Waals surface area contributed by atoms with Crippen molar-refractivity contribution in [2.45, 2.75) is 44.3 Å². The van der Waals surface area contributed by atoms with E-state index in [9.17, 15) is 9.90 Å². The lowest BCUT2D eigenvalue weighted by Gasteiger charge is -2.27. The van der Waals surface area contributed by atoms with Gasteiger partial charge in [-0.05, 0) is 73.7 Å². The minimum Gasteiger partial charge on any atom is -0.489 e. The lowest BCUT2D eigenvalue weighted by Crippen LogP contribution is -2.16. The lowest BCUT2D eigenvalue weighted by atomic mass is 9.96. The van der Waals surface area contributed by atoms with Crippen LogP contribution in [0.1, 0.15) is 64.1 Å². The van der Waals surface area contributed by atoms with Crippen LogP contribution in [0.25, 0.3) is 11.3 Å². The number of carboxylic acid groups (broad SMARTS) is 1. The van der Waals surface area contributed by atoms with Gasteiger partial charge < -0.3 is 19.1 Å². The van der Waals surface area contributed by atoms with Gasteiger partial charge >= 0.3 is 5.97 Å². The number of halogens is 3. The van der Waals surface area contributed by atoms with Crippen LogP contribution in [0.5, 0.6) is 11.5 Å². The molecule has 1 fully saturated rings. The molecule has 38 heavy (non-hydrogen) atoms. The van der Waals surface area contributed by atoms with Gasteiger partial charge in [0.25, 0.3) is 0 Å². The van der Waals surface area contributed by atoms with Crippen LogP contribution in [0.15, 0.2) is 59.1 Å². The number of benzene rings is 3. The highest BCUT2D eigenvalue weighted by molar-refractivity contribution is 6.39. The molecule has 0 saturated heterocycles. The zero-order valence-electron chi connectivity index (χ0n) is 20.0. The molecular weight excluding hydrogens is 549 g/mol. The van der Waals surface area contributed by atoms with E-state index < -0.39 is 5.97 Å². The normalized spacial score (nSPS) is 16.6. The standard InChI is InChI=1S/C29H22Cl3NO5/c30-21-2-1-3-22(31)26(21)27-20(28(38-33-27)15-4-5-15)14-36-18-8-9-19(23(32)13-18)25-11-6-16-12-17(29(34)35)7-10-24(16)37-25/h1-3,7-10,12-13,15,25H,4-6,11,14H2,(H,34,35)/t25-/m0/s1. The van der Waals surface area contributed by atoms with E-state index in [0.717, 1.165) is 35.3 Å². The Bertz CT molecular complexity index is 1530. The summed E-state index contributed by atoms with van der Waals surface area (Å²) in [6, 6.07) is 15.8. The number of aromatic nitrogens is 1. The number of hydrogen-bond donors (Lipinski definition) is 1. The van der Waals surface area contributed by atoms with Crippen molar-refractivity contribution >= 4 is 40.8 Å². The summed E-state index contributed by atoms with van der Waals surface area (Å²) in [7, 11) is 0. The summed E-state index contributed by atoms with van der Waals surface area (Å²) in [4.78, 5) is 11.3. The van der Waals surface area contributed by atoms with Crippen molar-refractivity contribution in [1.29, 1.82) is 0 Å². The van der Waals surface area contributed by atoms with Crippen LogP contribution in [-0.4, -0.2) is 16.2 Å². The van der Waals surface area contributed by atoms with E-state index in [2.05, 4.69) is 5.16 Å². The van der Waals surface area contributed by atoms with Crippen molar-refractivity contribution in [2.24, 2.45) is 0 Å². The summed E-state index contributed by atoms with van der Waals surface area (Å²) in [5, 5.41) is 15.1. The molecular formula is C29H22Cl3NO5. The number of aryl methyl sites for hydroxylation is 1. The van der Waals surface area contributed by atoms with Gasteiger partial charge in [0.05, 0.1) is 26.2 Å². The van der Waals surface area contributed by atoms with Crippen molar-refractivity contribution in [3.8, 4) is 22.8 Å². The first kappa shape index (κ1) is 25.1. The van der Waals surface area contributed by atoms with Crippen LogP contribution < -0.4 is 9.47 Å². The SMILES string of the molecule is O=C(O)c1ccc2c(c1)CC[C@@H](c1ccc(OCc3c(-c4c(Cl)cccc4Cl)noc3C3CC3)cc1Cl)O2. The minimum absolute atomic E-state index is 0.223. The highest BCUT2D eigenvalue weighted by Crippen LogP contribution is 2.46. The third kappa shape index (κ3) is 4.84. The quantitative estimate of drug-likeness (QED) is 0.240. The van der Waals surface area contributed by atoms with Crippen molar-refractivity contribution in [3.63, 3.8) is 0 Å². The summed E-state index contributed by atoms with van der Waals surface area (Å²) in [5.41, 5.74) is 4.03. The first-order chi connectivity index (χ1) is 18.4. The summed E-state index contributed by atoms with van der Waals surface area (Å²) in [6.45, 7) is 0.223. The van der Waals surface area contributed by atoms with Gasteiger partial charge in [-0.2, -0.15) is 0 Å². The third-order valence-corrected chi connectivity index (χ3v) is 7.88. The first-order valence-corrected chi connectivity index (χ1v) is 13.4. The van der Waals surface area contributed by atoms with Gasteiger partial charge in [-0.15, -0.1) is 0 Å². The van der Waals surface area contributed by atoms with Crippen molar-refractivity contribution in [2.75, 3.05) is 0 Å². The van der Waals surface area contributed by atoms with E-state index in [1.807, 2.05) is 12.1 Å². The molecule has 0 amide bonds. The molecule has 194 valence electrons. The zero-order valence-corrected chi connectivity index (χ0v) is 22.3. The molecule has 1 aliphatic heterocycles. The molecule has 1 aliphatic carbocycles. The fourth-order valence-corrected chi connectivity index (χ4v) is 5.67. The lowest BCUT2D eigenvalue weighted by molar-refractivity contribution is 0.0696. The van der Waals surface area contributed by atoms with Crippen LogP contribution in [0.2, 0.25) is 15.1 Å². The van der Waals surface area contributed by atoms with E-state index in [4.69, 9.17) is 48.8 Å². The second-order valence-electron chi connectivity index (χ2n) is 9.49. The minimum atomic E-state index is -0.953. The molecule has 1 N–H and O–H groups in total. The second-order valence-corrected chi connectivity index (χ2v) is 10.7. The fraction of sp³-hybridized carbons (Fsp3) is 0.241. The maximum atomic E-state index is 11.3. The van der Waals surface area contributed by atoms with Gasteiger partial charge in [0.15, 0.2) is 0 Å². The first-order valence-electron chi connectivity index (χ1n) is 12.3. The largest absolute Gasteiger partial charge is 0.489 e. The van der Waals surface area contributed by atoms with Gasteiger partial charge in [0.1, 0.15) is 35.7 Å². The molecule has 2 aliphatic rings. The van der Waals surface area contributed by atoms with E-state index >= 15 is 0 Å². The number of rotatable bonds is 7. The van der Waals surface area contributed by atoms with Crippen LogP contribution in [0.4, 0.5) is 0 Å².